The summed E-state index contributed by atoms with van der Waals surface area (Å²) in [5.74, 6) is -0.633. The van der Waals surface area contributed by atoms with Crippen molar-refractivity contribution in [2.75, 3.05) is 24.3 Å². The molecule has 2 aromatic rings. The van der Waals surface area contributed by atoms with E-state index in [0.717, 1.165) is 5.56 Å². The second-order valence-electron chi connectivity index (χ2n) is 4.95. The second-order valence-corrected chi connectivity index (χ2v) is 5.36. The van der Waals surface area contributed by atoms with Gasteiger partial charge in [0.15, 0.2) is 0 Å². The summed E-state index contributed by atoms with van der Waals surface area (Å²) in [5.41, 5.74) is 2.78. The molecule has 0 aliphatic heterocycles. The van der Waals surface area contributed by atoms with Gasteiger partial charge in [-0.15, -0.1) is 0 Å². The van der Waals surface area contributed by atoms with Gasteiger partial charge in [-0.1, -0.05) is 17.7 Å². The van der Waals surface area contributed by atoms with Crippen molar-refractivity contribution in [2.45, 2.75) is 6.92 Å². The summed E-state index contributed by atoms with van der Waals surface area (Å²) >= 11 is 6.10. The fourth-order valence-electron chi connectivity index (χ4n) is 1.95. The van der Waals surface area contributed by atoms with Gasteiger partial charge in [0.25, 0.3) is 0 Å². The van der Waals surface area contributed by atoms with Gasteiger partial charge < -0.3 is 15.4 Å². The first-order chi connectivity index (χ1) is 11.0. The standard InChI is InChI=1S/C17H17ClN2O3/c1-11-3-8-15(14(18)9-11)19-10-16(21)20-13-6-4-12(5-7-13)17(22)23-2/h3-9,19H,10H2,1-2H3,(H,20,21). The zero-order chi connectivity index (χ0) is 16.8. The molecule has 0 saturated carbocycles. The van der Waals surface area contributed by atoms with Crippen LogP contribution in [0.3, 0.4) is 0 Å². The zero-order valence-corrected chi connectivity index (χ0v) is 13.6. The summed E-state index contributed by atoms with van der Waals surface area (Å²) in [6.07, 6.45) is 0. The Bertz CT molecular complexity index is 714. The van der Waals surface area contributed by atoms with Crippen LogP contribution in [0.4, 0.5) is 11.4 Å². The average Bonchev–Trinajstić information content (AvgIpc) is 2.54. The van der Waals surface area contributed by atoms with Crippen molar-refractivity contribution in [2.24, 2.45) is 0 Å². The van der Waals surface area contributed by atoms with Gasteiger partial charge in [0, 0.05) is 5.69 Å². The molecule has 1 amide bonds. The van der Waals surface area contributed by atoms with Crippen LogP contribution in [0.15, 0.2) is 42.5 Å². The van der Waals surface area contributed by atoms with Crippen LogP contribution in [0, 0.1) is 6.92 Å². The van der Waals surface area contributed by atoms with Crippen LogP contribution in [-0.4, -0.2) is 25.5 Å². The number of hydrogen-bond acceptors (Lipinski definition) is 4. The minimum absolute atomic E-state index is 0.0849. The summed E-state index contributed by atoms with van der Waals surface area (Å²) in [6.45, 7) is 2.03. The lowest BCUT2D eigenvalue weighted by Crippen LogP contribution is -2.21. The molecular weight excluding hydrogens is 316 g/mol. The lowest BCUT2D eigenvalue weighted by molar-refractivity contribution is -0.114. The van der Waals surface area contributed by atoms with Crippen LogP contribution in [0.2, 0.25) is 5.02 Å². The van der Waals surface area contributed by atoms with E-state index in [0.29, 0.717) is 22.0 Å². The number of benzene rings is 2. The molecule has 2 aromatic carbocycles. The fourth-order valence-corrected chi connectivity index (χ4v) is 2.25. The van der Waals surface area contributed by atoms with E-state index in [9.17, 15) is 9.59 Å². The van der Waals surface area contributed by atoms with Gasteiger partial charge in [0.2, 0.25) is 5.91 Å². The number of esters is 1. The Balaban J connectivity index is 1.90. The summed E-state index contributed by atoms with van der Waals surface area (Å²) in [5, 5.41) is 6.28. The molecule has 0 saturated heterocycles. The molecule has 2 N–H and O–H groups in total. The van der Waals surface area contributed by atoms with E-state index in [1.807, 2.05) is 25.1 Å². The molecule has 23 heavy (non-hydrogen) atoms. The quantitative estimate of drug-likeness (QED) is 0.822. The predicted octanol–water partition coefficient (Wildman–Crippen LogP) is 3.49. The highest BCUT2D eigenvalue weighted by Crippen LogP contribution is 2.22. The molecule has 0 fully saturated rings. The minimum Gasteiger partial charge on any atom is -0.465 e. The van der Waals surface area contributed by atoms with Crippen LogP contribution in [0.5, 0.6) is 0 Å². The number of carbonyl (C=O) groups excluding carboxylic acids is 2. The van der Waals surface area contributed by atoms with Crippen LogP contribution >= 0.6 is 11.6 Å². The molecule has 0 aromatic heterocycles. The van der Waals surface area contributed by atoms with Crippen LogP contribution in [0.1, 0.15) is 15.9 Å². The first kappa shape index (κ1) is 16.8. The predicted molar refractivity (Wildman–Crippen MR) is 91.1 cm³/mol. The van der Waals surface area contributed by atoms with Gasteiger partial charge in [-0.3, -0.25) is 4.79 Å². The van der Waals surface area contributed by atoms with Crippen LogP contribution in [0.25, 0.3) is 0 Å². The molecule has 0 heterocycles. The van der Waals surface area contributed by atoms with Crippen molar-refractivity contribution < 1.29 is 14.3 Å². The van der Waals surface area contributed by atoms with E-state index < -0.39 is 5.97 Å². The van der Waals surface area contributed by atoms with Gasteiger partial charge in [-0.25, -0.2) is 4.79 Å². The maximum Gasteiger partial charge on any atom is 0.337 e. The van der Waals surface area contributed by atoms with Gasteiger partial charge in [0.05, 0.1) is 29.9 Å². The Hall–Kier alpha value is -2.53. The van der Waals surface area contributed by atoms with Crippen molar-refractivity contribution in [3.8, 4) is 0 Å². The Labute approximate surface area is 139 Å². The molecule has 0 atom stereocenters. The third kappa shape index (κ3) is 4.72. The van der Waals surface area contributed by atoms with Crippen molar-refractivity contribution in [1.82, 2.24) is 0 Å². The zero-order valence-electron chi connectivity index (χ0n) is 12.9. The molecule has 0 aliphatic rings. The average molecular weight is 333 g/mol. The van der Waals surface area contributed by atoms with Crippen molar-refractivity contribution in [3.63, 3.8) is 0 Å². The highest BCUT2D eigenvalue weighted by molar-refractivity contribution is 6.33. The number of halogens is 1. The summed E-state index contributed by atoms with van der Waals surface area (Å²) < 4.78 is 4.62. The number of anilines is 2. The minimum atomic E-state index is -0.418. The number of methoxy groups -OCH3 is 1. The van der Waals surface area contributed by atoms with E-state index in [2.05, 4.69) is 15.4 Å². The smallest absolute Gasteiger partial charge is 0.337 e. The summed E-state index contributed by atoms with van der Waals surface area (Å²) in [4.78, 5) is 23.3. The Morgan fingerprint density at radius 1 is 1.13 bits per heavy atom. The van der Waals surface area contributed by atoms with Gasteiger partial charge in [-0.05, 0) is 48.9 Å². The number of nitrogens with one attached hydrogen (secondary N) is 2. The van der Waals surface area contributed by atoms with Gasteiger partial charge in [0.1, 0.15) is 0 Å². The van der Waals surface area contributed by atoms with Crippen molar-refractivity contribution in [1.29, 1.82) is 0 Å². The Morgan fingerprint density at radius 2 is 1.83 bits per heavy atom. The number of rotatable bonds is 5. The Kier molecular flexibility index (Phi) is 5.60. The van der Waals surface area contributed by atoms with Crippen molar-refractivity contribution >= 4 is 34.9 Å². The van der Waals surface area contributed by atoms with E-state index >= 15 is 0 Å². The normalized spacial score (nSPS) is 10.0. The van der Waals surface area contributed by atoms with Crippen LogP contribution in [-0.2, 0) is 9.53 Å². The number of aryl methyl sites for hydroxylation is 1. The third-order valence-electron chi connectivity index (χ3n) is 3.15. The van der Waals surface area contributed by atoms with E-state index in [-0.39, 0.29) is 12.5 Å². The number of carbonyl (C=O) groups is 2. The number of hydrogen-bond donors (Lipinski definition) is 2. The van der Waals surface area contributed by atoms with Gasteiger partial charge >= 0.3 is 5.97 Å². The molecule has 120 valence electrons. The first-order valence-electron chi connectivity index (χ1n) is 6.98. The summed E-state index contributed by atoms with van der Waals surface area (Å²) in [6, 6.07) is 12.0. The van der Waals surface area contributed by atoms with E-state index in [1.165, 1.54) is 7.11 Å². The third-order valence-corrected chi connectivity index (χ3v) is 3.47. The summed E-state index contributed by atoms with van der Waals surface area (Å²) in [7, 11) is 1.32. The SMILES string of the molecule is COC(=O)c1ccc(NC(=O)CNc2ccc(C)cc2Cl)cc1. The molecule has 0 spiro atoms. The number of amides is 1. The molecule has 5 nitrogen and oxygen atoms in total. The van der Waals surface area contributed by atoms with Crippen molar-refractivity contribution in [3.05, 3.63) is 58.6 Å². The monoisotopic (exact) mass is 332 g/mol. The molecule has 0 radical (unpaired) electrons. The largest absolute Gasteiger partial charge is 0.465 e. The molecule has 0 aliphatic carbocycles. The second kappa shape index (κ2) is 7.65. The first-order valence-corrected chi connectivity index (χ1v) is 7.35. The van der Waals surface area contributed by atoms with Gasteiger partial charge in [-0.2, -0.15) is 0 Å². The highest BCUT2D eigenvalue weighted by Gasteiger charge is 2.07. The maximum absolute atomic E-state index is 11.9. The van der Waals surface area contributed by atoms with E-state index in [4.69, 9.17) is 11.6 Å². The van der Waals surface area contributed by atoms with Crippen LogP contribution < -0.4 is 10.6 Å². The lowest BCUT2D eigenvalue weighted by Gasteiger charge is -2.10. The fraction of sp³-hybridized carbons (Fsp3) is 0.176. The Morgan fingerprint density at radius 3 is 2.43 bits per heavy atom. The maximum atomic E-state index is 11.9. The molecular formula is C17H17ClN2O3. The molecule has 0 bridgehead atoms. The highest BCUT2D eigenvalue weighted by atomic mass is 35.5. The molecule has 0 unspecified atom stereocenters. The molecule has 6 heteroatoms. The van der Waals surface area contributed by atoms with E-state index in [1.54, 1.807) is 24.3 Å². The topological polar surface area (TPSA) is 67.4 Å². The lowest BCUT2D eigenvalue weighted by atomic mass is 10.2. The number of ether oxygens (including phenoxy) is 1. The molecule has 2 rings (SSSR count).